The number of amidine groups is 1. The summed E-state index contributed by atoms with van der Waals surface area (Å²) >= 11 is 0. The highest BCUT2D eigenvalue weighted by Gasteiger charge is 2.04. The number of nitrogens with two attached hydrogens (primary N) is 1. The van der Waals surface area contributed by atoms with Crippen molar-refractivity contribution in [1.82, 2.24) is 9.97 Å². The van der Waals surface area contributed by atoms with Crippen LogP contribution in [0.15, 0.2) is 23.9 Å². The third-order valence-corrected chi connectivity index (χ3v) is 1.31. The van der Waals surface area contributed by atoms with E-state index >= 15 is 0 Å². The fraction of sp³-hybridized carbons (Fsp3) is 0.143. The molecule has 1 aromatic heterocycles. The van der Waals surface area contributed by atoms with Gasteiger partial charge in [-0.25, -0.2) is 9.97 Å². The van der Waals surface area contributed by atoms with Crippen LogP contribution < -0.4 is 11.1 Å². The van der Waals surface area contributed by atoms with E-state index in [1.807, 2.05) is 0 Å². The molecule has 1 heterocycles. The minimum Gasteiger partial charge on any atom is -0.409 e. The van der Waals surface area contributed by atoms with E-state index in [9.17, 15) is 4.79 Å². The maximum absolute atomic E-state index is 11.1. The molecule has 0 spiro atoms. The van der Waals surface area contributed by atoms with Gasteiger partial charge in [0.25, 0.3) is 0 Å². The van der Waals surface area contributed by atoms with Gasteiger partial charge in [-0.2, -0.15) is 0 Å². The molecule has 0 aromatic carbocycles. The van der Waals surface area contributed by atoms with Crippen molar-refractivity contribution in [3.05, 3.63) is 18.7 Å². The van der Waals surface area contributed by atoms with Crippen molar-refractivity contribution in [2.75, 3.05) is 5.32 Å². The highest BCUT2D eigenvalue weighted by molar-refractivity contribution is 6.04. The Kier molecular flexibility index (Phi) is 3.36. The van der Waals surface area contributed by atoms with Crippen LogP contribution in [0, 0.1) is 0 Å². The molecule has 0 fully saturated rings. The van der Waals surface area contributed by atoms with Gasteiger partial charge in [0.1, 0.15) is 12.2 Å². The number of hydrogen-bond acceptors (Lipinski definition) is 5. The molecule has 7 heteroatoms. The Morgan fingerprint density at radius 2 is 2.21 bits per heavy atom. The lowest BCUT2D eigenvalue weighted by molar-refractivity contribution is -0.115. The van der Waals surface area contributed by atoms with Gasteiger partial charge in [0.15, 0.2) is 0 Å². The van der Waals surface area contributed by atoms with Crippen LogP contribution in [0.4, 0.5) is 5.69 Å². The van der Waals surface area contributed by atoms with Crippen LogP contribution in [0.5, 0.6) is 0 Å². The van der Waals surface area contributed by atoms with Crippen LogP contribution in [0.2, 0.25) is 0 Å². The zero-order valence-corrected chi connectivity index (χ0v) is 7.21. The Hall–Kier alpha value is -2.18. The average Bonchev–Trinajstić information content (AvgIpc) is 2.19. The first kappa shape index (κ1) is 9.90. The molecular formula is C7H9N5O2. The summed E-state index contributed by atoms with van der Waals surface area (Å²) in [6, 6.07) is 0. The molecule has 0 radical (unpaired) electrons. The SMILES string of the molecule is N/C(CC(=O)Nc1cncnc1)=N\O. The number of oxime groups is 1. The molecule has 1 amide bonds. The Morgan fingerprint density at radius 1 is 1.57 bits per heavy atom. The lowest BCUT2D eigenvalue weighted by Gasteiger charge is -2.02. The van der Waals surface area contributed by atoms with Crippen molar-refractivity contribution in [1.29, 1.82) is 0 Å². The number of amides is 1. The molecule has 0 aliphatic heterocycles. The van der Waals surface area contributed by atoms with Crippen molar-refractivity contribution < 1.29 is 10.0 Å². The topological polar surface area (TPSA) is 113 Å². The number of carbonyl (C=O) groups excluding carboxylic acids is 1. The predicted octanol–water partition coefficient (Wildman–Crippen LogP) is -0.448. The second kappa shape index (κ2) is 4.75. The van der Waals surface area contributed by atoms with Gasteiger partial charge >= 0.3 is 0 Å². The lowest BCUT2D eigenvalue weighted by atomic mass is 10.3. The standard InChI is InChI=1S/C7H9N5O2/c8-6(12-14)1-7(13)11-5-2-9-4-10-3-5/h2-4,14H,1H2,(H2,8,12)(H,11,13). The fourth-order valence-corrected chi connectivity index (χ4v) is 0.769. The number of rotatable bonds is 3. The number of aromatic nitrogens is 2. The molecule has 0 aliphatic carbocycles. The van der Waals surface area contributed by atoms with Gasteiger partial charge in [0, 0.05) is 0 Å². The van der Waals surface area contributed by atoms with Gasteiger partial charge in [0.2, 0.25) is 5.91 Å². The van der Waals surface area contributed by atoms with Gasteiger partial charge in [-0.05, 0) is 0 Å². The summed E-state index contributed by atoms with van der Waals surface area (Å²) < 4.78 is 0. The molecule has 0 saturated heterocycles. The van der Waals surface area contributed by atoms with E-state index < -0.39 is 5.91 Å². The van der Waals surface area contributed by atoms with E-state index in [-0.39, 0.29) is 12.3 Å². The van der Waals surface area contributed by atoms with Gasteiger partial charge in [-0.15, -0.1) is 0 Å². The van der Waals surface area contributed by atoms with E-state index in [1.54, 1.807) is 0 Å². The molecule has 0 atom stereocenters. The van der Waals surface area contributed by atoms with Gasteiger partial charge in [-0.1, -0.05) is 5.16 Å². The Labute approximate surface area is 79.7 Å². The Morgan fingerprint density at radius 3 is 2.79 bits per heavy atom. The van der Waals surface area contributed by atoms with E-state index in [0.717, 1.165) is 0 Å². The van der Waals surface area contributed by atoms with Crippen molar-refractivity contribution in [3.63, 3.8) is 0 Å². The quantitative estimate of drug-likeness (QED) is 0.261. The van der Waals surface area contributed by atoms with E-state index in [0.29, 0.717) is 5.69 Å². The molecule has 0 aliphatic rings. The van der Waals surface area contributed by atoms with Crippen LogP contribution in [-0.2, 0) is 4.79 Å². The summed E-state index contributed by atoms with van der Waals surface area (Å²) in [5, 5.41) is 13.4. The van der Waals surface area contributed by atoms with Crippen LogP contribution >= 0.6 is 0 Å². The molecule has 0 unspecified atom stereocenters. The second-order valence-corrected chi connectivity index (χ2v) is 2.44. The summed E-state index contributed by atoms with van der Waals surface area (Å²) in [7, 11) is 0. The lowest BCUT2D eigenvalue weighted by Crippen LogP contribution is -2.22. The van der Waals surface area contributed by atoms with Crippen molar-refractivity contribution in [3.8, 4) is 0 Å². The molecule has 1 rings (SSSR count). The van der Waals surface area contributed by atoms with Gasteiger partial charge < -0.3 is 16.3 Å². The molecule has 74 valence electrons. The number of anilines is 1. The minimum absolute atomic E-state index is 0.153. The van der Waals surface area contributed by atoms with E-state index in [2.05, 4.69) is 20.4 Å². The molecule has 1 aromatic rings. The maximum Gasteiger partial charge on any atom is 0.232 e. The fourth-order valence-electron chi connectivity index (χ4n) is 0.769. The number of hydrogen-bond donors (Lipinski definition) is 3. The second-order valence-electron chi connectivity index (χ2n) is 2.44. The first-order chi connectivity index (χ1) is 6.72. The zero-order valence-electron chi connectivity index (χ0n) is 7.21. The van der Waals surface area contributed by atoms with Crippen molar-refractivity contribution in [2.45, 2.75) is 6.42 Å². The highest BCUT2D eigenvalue weighted by Crippen LogP contribution is 2.00. The molecule has 7 nitrogen and oxygen atoms in total. The molecular weight excluding hydrogens is 186 g/mol. The average molecular weight is 195 g/mol. The van der Waals surface area contributed by atoms with Crippen LogP contribution in [0.25, 0.3) is 0 Å². The predicted molar refractivity (Wildman–Crippen MR) is 48.7 cm³/mol. The Balaban J connectivity index is 2.50. The smallest absolute Gasteiger partial charge is 0.232 e. The summed E-state index contributed by atoms with van der Waals surface area (Å²) in [4.78, 5) is 18.5. The van der Waals surface area contributed by atoms with E-state index in [1.165, 1.54) is 18.7 Å². The van der Waals surface area contributed by atoms with Crippen molar-refractivity contribution in [2.24, 2.45) is 10.9 Å². The molecule has 0 saturated carbocycles. The highest BCUT2D eigenvalue weighted by atomic mass is 16.4. The number of carbonyl (C=O) groups is 1. The van der Waals surface area contributed by atoms with Crippen molar-refractivity contribution >= 4 is 17.4 Å². The molecule has 14 heavy (non-hydrogen) atoms. The van der Waals surface area contributed by atoms with Crippen LogP contribution in [-0.4, -0.2) is 26.9 Å². The Bertz CT molecular complexity index is 337. The maximum atomic E-state index is 11.1. The summed E-state index contributed by atoms with van der Waals surface area (Å²) in [5.41, 5.74) is 5.60. The van der Waals surface area contributed by atoms with E-state index in [4.69, 9.17) is 10.9 Å². The summed E-state index contributed by atoms with van der Waals surface area (Å²) in [5.74, 6) is -0.547. The summed E-state index contributed by atoms with van der Waals surface area (Å²) in [6.45, 7) is 0. The first-order valence-corrected chi connectivity index (χ1v) is 3.73. The number of nitrogens with one attached hydrogen (secondary N) is 1. The third-order valence-electron chi connectivity index (χ3n) is 1.31. The van der Waals surface area contributed by atoms with Crippen LogP contribution in [0.3, 0.4) is 0 Å². The van der Waals surface area contributed by atoms with Gasteiger partial charge in [-0.3, -0.25) is 4.79 Å². The first-order valence-electron chi connectivity index (χ1n) is 3.73. The van der Waals surface area contributed by atoms with Crippen LogP contribution in [0.1, 0.15) is 6.42 Å². The zero-order chi connectivity index (χ0) is 10.4. The molecule has 4 N–H and O–H groups in total. The third kappa shape index (κ3) is 3.05. The number of nitrogens with zero attached hydrogens (tertiary/aromatic N) is 3. The largest absolute Gasteiger partial charge is 0.409 e. The summed E-state index contributed by atoms with van der Waals surface area (Å²) in [6.07, 6.45) is 4.05. The van der Waals surface area contributed by atoms with Gasteiger partial charge in [0.05, 0.1) is 24.5 Å². The molecule has 0 bridgehead atoms. The normalized spacial score (nSPS) is 11.0. The monoisotopic (exact) mass is 195 g/mol. The minimum atomic E-state index is -0.393.